The number of carbonyl (C=O) groups excluding carboxylic acids is 2. The SMILES string of the molecule is CC(C)(Oc1ccc(CCOc2ccc(N=Nc3ccccc3)cc2)cc1)C(=O)NS(=O)(=O)c1ccc(NC(=O)c2ccccc2)cc1. The van der Waals surface area contributed by atoms with Gasteiger partial charge in [0.2, 0.25) is 0 Å². The van der Waals surface area contributed by atoms with E-state index in [1.165, 1.54) is 38.1 Å². The van der Waals surface area contributed by atoms with E-state index in [1.807, 2.05) is 66.7 Å². The Labute approximate surface area is 279 Å². The average molecular weight is 663 g/mol. The second-order valence-electron chi connectivity index (χ2n) is 11.2. The Morgan fingerprint density at radius 3 is 1.88 bits per heavy atom. The van der Waals surface area contributed by atoms with Gasteiger partial charge in [-0.15, -0.1) is 0 Å². The number of rotatable bonds is 13. The fourth-order valence-electron chi connectivity index (χ4n) is 4.39. The molecule has 2 amide bonds. The maximum atomic E-state index is 13.0. The number of azo groups is 1. The molecule has 244 valence electrons. The number of amides is 2. The molecule has 0 bridgehead atoms. The molecule has 0 saturated carbocycles. The zero-order chi connectivity index (χ0) is 34.0. The maximum absolute atomic E-state index is 13.0. The van der Waals surface area contributed by atoms with Crippen LogP contribution in [0.4, 0.5) is 17.1 Å². The summed E-state index contributed by atoms with van der Waals surface area (Å²) in [7, 11) is -4.21. The summed E-state index contributed by atoms with van der Waals surface area (Å²) in [6, 6.07) is 38.1. The lowest BCUT2D eigenvalue weighted by Crippen LogP contribution is -2.48. The van der Waals surface area contributed by atoms with Crippen molar-refractivity contribution < 1.29 is 27.5 Å². The van der Waals surface area contributed by atoms with Gasteiger partial charge in [-0.05, 0) is 104 Å². The van der Waals surface area contributed by atoms with E-state index < -0.39 is 21.5 Å². The van der Waals surface area contributed by atoms with Gasteiger partial charge in [-0.2, -0.15) is 10.2 Å². The molecule has 0 heterocycles. The van der Waals surface area contributed by atoms with E-state index in [-0.39, 0.29) is 10.8 Å². The first kappa shape index (κ1) is 33.6. The minimum atomic E-state index is -4.21. The second-order valence-corrected chi connectivity index (χ2v) is 12.8. The Morgan fingerprint density at radius 1 is 0.688 bits per heavy atom. The molecule has 48 heavy (non-hydrogen) atoms. The van der Waals surface area contributed by atoms with Gasteiger partial charge >= 0.3 is 0 Å². The van der Waals surface area contributed by atoms with Gasteiger partial charge in [-0.3, -0.25) is 9.59 Å². The van der Waals surface area contributed by atoms with Crippen LogP contribution in [0.3, 0.4) is 0 Å². The highest BCUT2D eigenvalue weighted by molar-refractivity contribution is 7.90. The number of hydrogen-bond acceptors (Lipinski definition) is 8. The van der Waals surface area contributed by atoms with E-state index in [4.69, 9.17) is 9.47 Å². The van der Waals surface area contributed by atoms with E-state index in [0.717, 1.165) is 16.9 Å². The number of ether oxygens (including phenoxy) is 2. The maximum Gasteiger partial charge on any atom is 0.277 e. The molecule has 0 fully saturated rings. The summed E-state index contributed by atoms with van der Waals surface area (Å²) < 4.78 is 39.7. The van der Waals surface area contributed by atoms with Gasteiger partial charge in [0, 0.05) is 17.7 Å². The van der Waals surface area contributed by atoms with E-state index in [1.54, 1.807) is 42.5 Å². The third-order valence-corrected chi connectivity index (χ3v) is 8.41. The number of carbonyl (C=O) groups is 2. The molecule has 0 aliphatic carbocycles. The third-order valence-electron chi connectivity index (χ3n) is 7.06. The largest absolute Gasteiger partial charge is 0.493 e. The van der Waals surface area contributed by atoms with Crippen molar-refractivity contribution in [2.24, 2.45) is 10.2 Å². The molecule has 0 aliphatic heterocycles. The molecule has 5 aromatic rings. The van der Waals surface area contributed by atoms with Crippen molar-refractivity contribution >= 4 is 38.9 Å². The summed E-state index contributed by atoms with van der Waals surface area (Å²) in [5, 5.41) is 11.1. The zero-order valence-corrected chi connectivity index (χ0v) is 27.2. The molecule has 0 unspecified atom stereocenters. The molecular formula is C37H34N4O6S. The first-order valence-corrected chi connectivity index (χ1v) is 16.6. The minimum Gasteiger partial charge on any atom is -0.493 e. The number of hydrogen-bond donors (Lipinski definition) is 2. The summed E-state index contributed by atoms with van der Waals surface area (Å²) in [5.74, 6) is -0.0583. The van der Waals surface area contributed by atoms with Crippen molar-refractivity contribution in [3.8, 4) is 11.5 Å². The second kappa shape index (κ2) is 15.2. The number of sulfonamides is 1. The van der Waals surface area contributed by atoms with Crippen LogP contribution in [0, 0.1) is 0 Å². The summed E-state index contributed by atoms with van der Waals surface area (Å²) in [4.78, 5) is 25.2. The molecule has 5 aromatic carbocycles. The van der Waals surface area contributed by atoms with Crippen LogP contribution in [0.5, 0.6) is 11.5 Å². The summed E-state index contributed by atoms with van der Waals surface area (Å²) in [6.07, 6.45) is 0.632. The molecule has 0 aromatic heterocycles. The predicted molar refractivity (Wildman–Crippen MR) is 184 cm³/mol. The molecule has 0 atom stereocenters. The molecule has 10 nitrogen and oxygen atoms in total. The van der Waals surface area contributed by atoms with Gasteiger partial charge in [0.25, 0.3) is 21.8 Å². The standard InChI is InChI=1S/C37H34N4O6S/c1-37(2,36(43)41-48(44,45)34-23-17-29(18-24-34)38-35(42)28-9-5-3-6-10-28)47-33-19-13-27(14-20-33)25-26-46-32-21-15-31(16-22-32)40-39-30-11-7-4-8-12-30/h3-24H,25-26H2,1-2H3,(H,38,42)(H,41,43). The van der Waals surface area contributed by atoms with E-state index in [2.05, 4.69) is 20.3 Å². The Hall–Kier alpha value is -5.81. The topological polar surface area (TPSA) is 136 Å². The fraction of sp³-hybridized carbons (Fsp3) is 0.135. The molecule has 0 spiro atoms. The van der Waals surface area contributed by atoms with Gasteiger partial charge in [-0.1, -0.05) is 48.5 Å². The summed E-state index contributed by atoms with van der Waals surface area (Å²) in [6.45, 7) is 3.41. The van der Waals surface area contributed by atoms with Crippen molar-refractivity contribution in [2.75, 3.05) is 11.9 Å². The van der Waals surface area contributed by atoms with E-state index >= 15 is 0 Å². The highest BCUT2D eigenvalue weighted by Gasteiger charge is 2.33. The van der Waals surface area contributed by atoms with E-state index in [9.17, 15) is 18.0 Å². The zero-order valence-electron chi connectivity index (χ0n) is 26.4. The first-order chi connectivity index (χ1) is 23.1. The lowest BCUT2D eigenvalue weighted by atomic mass is 10.1. The van der Waals surface area contributed by atoms with Crippen LogP contribution in [0.15, 0.2) is 149 Å². The molecule has 2 N–H and O–H groups in total. The monoisotopic (exact) mass is 662 g/mol. The summed E-state index contributed by atoms with van der Waals surface area (Å²) >= 11 is 0. The van der Waals surface area contributed by atoms with Gasteiger partial charge in [0.15, 0.2) is 5.60 Å². The van der Waals surface area contributed by atoms with Crippen molar-refractivity contribution in [3.05, 3.63) is 145 Å². The molecule has 0 radical (unpaired) electrons. The molecule has 0 saturated heterocycles. The van der Waals surface area contributed by atoms with E-state index in [0.29, 0.717) is 35.8 Å². The van der Waals surface area contributed by atoms with Crippen molar-refractivity contribution in [2.45, 2.75) is 30.8 Å². The van der Waals surface area contributed by atoms with Gasteiger partial charge < -0.3 is 14.8 Å². The summed E-state index contributed by atoms with van der Waals surface area (Å²) in [5.41, 5.74) is 1.85. The van der Waals surface area contributed by atoms with Crippen LogP contribution < -0.4 is 19.5 Å². The van der Waals surface area contributed by atoms with Gasteiger partial charge in [0.05, 0.1) is 22.9 Å². The Morgan fingerprint density at radius 2 is 1.25 bits per heavy atom. The predicted octanol–water partition coefficient (Wildman–Crippen LogP) is 7.64. The average Bonchev–Trinajstić information content (AvgIpc) is 3.09. The van der Waals surface area contributed by atoms with Crippen LogP contribution in [0.25, 0.3) is 0 Å². The van der Waals surface area contributed by atoms with Crippen LogP contribution in [0.1, 0.15) is 29.8 Å². The lowest BCUT2D eigenvalue weighted by molar-refractivity contribution is -0.132. The number of nitrogens with zero attached hydrogens (tertiary/aromatic N) is 2. The van der Waals surface area contributed by atoms with Crippen LogP contribution in [-0.2, 0) is 21.2 Å². The van der Waals surface area contributed by atoms with Crippen LogP contribution in [0.2, 0.25) is 0 Å². The number of anilines is 1. The minimum absolute atomic E-state index is 0.138. The third kappa shape index (κ3) is 9.36. The van der Waals surface area contributed by atoms with Crippen LogP contribution in [-0.4, -0.2) is 32.4 Å². The van der Waals surface area contributed by atoms with Crippen LogP contribution >= 0.6 is 0 Å². The molecule has 0 aliphatic rings. The molecule has 11 heteroatoms. The normalized spacial score (nSPS) is 11.5. The highest BCUT2D eigenvalue weighted by Crippen LogP contribution is 2.23. The van der Waals surface area contributed by atoms with Gasteiger partial charge in [-0.25, -0.2) is 13.1 Å². The lowest BCUT2D eigenvalue weighted by Gasteiger charge is -2.25. The smallest absolute Gasteiger partial charge is 0.277 e. The number of nitrogens with one attached hydrogen (secondary N) is 2. The van der Waals surface area contributed by atoms with Crippen molar-refractivity contribution in [3.63, 3.8) is 0 Å². The Kier molecular flexibility index (Phi) is 10.6. The fourth-order valence-corrected chi connectivity index (χ4v) is 5.49. The quantitative estimate of drug-likeness (QED) is 0.124. The molecular weight excluding hydrogens is 628 g/mol. The molecule has 5 rings (SSSR count). The Bertz CT molecular complexity index is 1960. The van der Waals surface area contributed by atoms with Crippen molar-refractivity contribution in [1.29, 1.82) is 0 Å². The highest BCUT2D eigenvalue weighted by atomic mass is 32.2. The number of benzene rings is 5. The first-order valence-electron chi connectivity index (χ1n) is 15.1. The Balaban J connectivity index is 1.08. The van der Waals surface area contributed by atoms with Gasteiger partial charge in [0.1, 0.15) is 11.5 Å². The van der Waals surface area contributed by atoms with Crippen molar-refractivity contribution in [1.82, 2.24) is 4.72 Å².